The highest BCUT2D eigenvalue weighted by molar-refractivity contribution is 7.12. The number of benzene rings is 1. The normalized spacial score (nSPS) is 17.4. The zero-order valence-corrected chi connectivity index (χ0v) is 12.5. The third kappa shape index (κ3) is 2.54. The Morgan fingerprint density at radius 2 is 2.05 bits per heavy atom. The van der Waals surface area contributed by atoms with Crippen LogP contribution in [0.1, 0.15) is 15.2 Å². The number of carbonyl (C=O) groups is 2. The number of anilines is 1. The molecule has 1 N–H and O–H groups in total. The molecule has 108 valence electrons. The molecule has 2 aromatic rings. The van der Waals surface area contributed by atoms with Crippen molar-refractivity contribution in [3.05, 3.63) is 51.2 Å². The molecule has 1 aliphatic rings. The molecule has 1 aromatic heterocycles. The number of thiophene rings is 1. The number of para-hydroxylation sites is 1. The summed E-state index contributed by atoms with van der Waals surface area (Å²) >= 11 is 7.29. The molecule has 1 aromatic carbocycles. The van der Waals surface area contributed by atoms with Crippen LogP contribution in [-0.4, -0.2) is 23.5 Å². The average molecular weight is 322 g/mol. The van der Waals surface area contributed by atoms with Crippen LogP contribution < -0.4 is 4.90 Å². The molecule has 0 spiro atoms. The van der Waals surface area contributed by atoms with E-state index in [1.807, 2.05) is 24.3 Å². The lowest BCUT2D eigenvalue weighted by Crippen LogP contribution is -2.42. The lowest BCUT2D eigenvalue weighted by Gasteiger charge is -2.32. The molecular weight excluding hydrogens is 310 g/mol. The number of hydrogen-bond acceptors (Lipinski definition) is 3. The maximum absolute atomic E-state index is 12.7. The van der Waals surface area contributed by atoms with Crippen LogP contribution in [0.5, 0.6) is 0 Å². The van der Waals surface area contributed by atoms with E-state index in [1.165, 1.54) is 16.2 Å². The second kappa shape index (κ2) is 5.50. The molecular formula is C15H12ClNO3S. The third-order valence-corrected chi connectivity index (χ3v) is 4.89. The van der Waals surface area contributed by atoms with Gasteiger partial charge in [-0.3, -0.25) is 9.59 Å². The number of carboxylic acids is 1. The number of aliphatic carboxylic acids is 1. The fourth-order valence-electron chi connectivity index (χ4n) is 2.52. The van der Waals surface area contributed by atoms with Gasteiger partial charge in [-0.15, -0.1) is 11.3 Å². The summed E-state index contributed by atoms with van der Waals surface area (Å²) in [5.41, 5.74) is 1.64. The lowest BCUT2D eigenvalue weighted by molar-refractivity contribution is -0.141. The van der Waals surface area contributed by atoms with E-state index in [9.17, 15) is 14.7 Å². The molecule has 0 radical (unpaired) electrons. The number of rotatable bonds is 2. The molecule has 1 amide bonds. The molecule has 0 saturated carbocycles. The monoisotopic (exact) mass is 321 g/mol. The summed E-state index contributed by atoms with van der Waals surface area (Å²) in [4.78, 5) is 26.0. The van der Waals surface area contributed by atoms with Gasteiger partial charge in [0.2, 0.25) is 0 Å². The fourth-order valence-corrected chi connectivity index (χ4v) is 3.61. The zero-order chi connectivity index (χ0) is 15.0. The highest BCUT2D eigenvalue weighted by Crippen LogP contribution is 2.33. The first-order valence-electron chi connectivity index (χ1n) is 6.43. The molecule has 0 fully saturated rings. The standard InChI is InChI=1S/C15H12ClNO3S/c16-11-5-6-21-13(11)14(18)17-8-10(15(19)20)7-9-3-1-2-4-12(9)17/h1-6,10H,7-8H2,(H,19,20). The highest BCUT2D eigenvalue weighted by Gasteiger charge is 2.33. The summed E-state index contributed by atoms with van der Waals surface area (Å²) in [5.74, 6) is -1.73. The van der Waals surface area contributed by atoms with Crippen LogP contribution in [0.2, 0.25) is 5.02 Å². The van der Waals surface area contributed by atoms with Crippen LogP contribution in [0.3, 0.4) is 0 Å². The van der Waals surface area contributed by atoms with Gasteiger partial charge >= 0.3 is 5.97 Å². The van der Waals surface area contributed by atoms with Crippen LogP contribution >= 0.6 is 22.9 Å². The molecule has 0 bridgehead atoms. The number of carbonyl (C=O) groups excluding carboxylic acids is 1. The van der Waals surface area contributed by atoms with Gasteiger partial charge in [0.1, 0.15) is 4.88 Å². The van der Waals surface area contributed by atoms with Gasteiger partial charge in [0, 0.05) is 12.2 Å². The van der Waals surface area contributed by atoms with Crippen LogP contribution in [0.4, 0.5) is 5.69 Å². The summed E-state index contributed by atoms with van der Waals surface area (Å²) in [6.07, 6.45) is 0.438. The predicted octanol–water partition coefficient (Wildman–Crippen LogP) is 3.31. The molecule has 1 atom stereocenters. The molecule has 3 rings (SSSR count). The SMILES string of the molecule is O=C(O)C1Cc2ccccc2N(C(=O)c2sccc2Cl)C1. The van der Waals surface area contributed by atoms with Crippen LogP contribution in [0, 0.1) is 5.92 Å². The van der Waals surface area contributed by atoms with E-state index < -0.39 is 11.9 Å². The number of nitrogens with zero attached hydrogens (tertiary/aromatic N) is 1. The number of halogens is 1. The van der Waals surface area contributed by atoms with Crippen LogP contribution in [0.15, 0.2) is 35.7 Å². The third-order valence-electron chi connectivity index (χ3n) is 3.56. The van der Waals surface area contributed by atoms with E-state index in [-0.39, 0.29) is 12.5 Å². The van der Waals surface area contributed by atoms with Crippen molar-refractivity contribution in [2.75, 3.05) is 11.4 Å². The maximum atomic E-state index is 12.7. The number of hydrogen-bond donors (Lipinski definition) is 1. The van der Waals surface area contributed by atoms with Crippen LogP contribution in [-0.2, 0) is 11.2 Å². The first kappa shape index (κ1) is 14.1. The topological polar surface area (TPSA) is 57.6 Å². The number of fused-ring (bicyclic) bond motifs is 1. The smallest absolute Gasteiger partial charge is 0.308 e. The van der Waals surface area contributed by atoms with Gasteiger partial charge in [-0.2, -0.15) is 0 Å². The Kier molecular flexibility index (Phi) is 3.69. The molecule has 0 saturated heterocycles. The number of amides is 1. The summed E-state index contributed by atoms with van der Waals surface area (Å²) < 4.78 is 0. The Morgan fingerprint density at radius 3 is 2.71 bits per heavy atom. The molecule has 2 heterocycles. The van der Waals surface area contributed by atoms with Gasteiger partial charge < -0.3 is 10.0 Å². The Balaban J connectivity index is 2.02. The van der Waals surface area contributed by atoms with E-state index in [0.29, 0.717) is 16.3 Å². The summed E-state index contributed by atoms with van der Waals surface area (Å²) in [5, 5.41) is 11.4. The van der Waals surface area contributed by atoms with Gasteiger partial charge in [-0.1, -0.05) is 29.8 Å². The van der Waals surface area contributed by atoms with Gasteiger partial charge in [-0.25, -0.2) is 0 Å². The van der Waals surface area contributed by atoms with Crippen molar-refractivity contribution in [3.8, 4) is 0 Å². The summed E-state index contributed by atoms with van der Waals surface area (Å²) in [7, 11) is 0. The van der Waals surface area contributed by atoms with Gasteiger partial charge in [-0.05, 0) is 29.5 Å². The van der Waals surface area contributed by atoms with Crippen molar-refractivity contribution in [2.45, 2.75) is 6.42 Å². The van der Waals surface area contributed by atoms with E-state index in [0.717, 1.165) is 11.3 Å². The largest absolute Gasteiger partial charge is 0.481 e. The minimum atomic E-state index is -0.889. The van der Waals surface area contributed by atoms with E-state index in [2.05, 4.69) is 0 Å². The fraction of sp³-hybridized carbons (Fsp3) is 0.200. The minimum absolute atomic E-state index is 0.166. The maximum Gasteiger partial charge on any atom is 0.308 e. The Hall–Kier alpha value is -1.85. The van der Waals surface area contributed by atoms with E-state index >= 15 is 0 Å². The lowest BCUT2D eigenvalue weighted by atomic mass is 9.92. The quantitative estimate of drug-likeness (QED) is 0.923. The van der Waals surface area contributed by atoms with Crippen molar-refractivity contribution in [2.24, 2.45) is 5.92 Å². The average Bonchev–Trinajstić information content (AvgIpc) is 2.91. The van der Waals surface area contributed by atoms with Crippen molar-refractivity contribution < 1.29 is 14.7 Å². The highest BCUT2D eigenvalue weighted by atomic mass is 35.5. The zero-order valence-electron chi connectivity index (χ0n) is 11.0. The predicted molar refractivity (Wildman–Crippen MR) is 82.3 cm³/mol. The van der Waals surface area contributed by atoms with Crippen molar-refractivity contribution in [1.82, 2.24) is 0 Å². The van der Waals surface area contributed by atoms with Crippen LogP contribution in [0.25, 0.3) is 0 Å². The summed E-state index contributed by atoms with van der Waals surface area (Å²) in [6, 6.07) is 9.07. The van der Waals surface area contributed by atoms with Crippen molar-refractivity contribution in [1.29, 1.82) is 0 Å². The molecule has 0 aliphatic carbocycles. The second-order valence-electron chi connectivity index (χ2n) is 4.88. The van der Waals surface area contributed by atoms with Crippen molar-refractivity contribution in [3.63, 3.8) is 0 Å². The molecule has 21 heavy (non-hydrogen) atoms. The summed E-state index contributed by atoms with van der Waals surface area (Å²) in [6.45, 7) is 0.166. The van der Waals surface area contributed by atoms with Gasteiger partial charge in [0.25, 0.3) is 5.91 Å². The van der Waals surface area contributed by atoms with Gasteiger partial charge in [0.15, 0.2) is 0 Å². The van der Waals surface area contributed by atoms with E-state index in [1.54, 1.807) is 11.4 Å². The molecule has 1 aliphatic heterocycles. The Bertz CT molecular complexity index is 712. The number of carboxylic acid groups (broad SMARTS) is 1. The molecule has 4 nitrogen and oxygen atoms in total. The Morgan fingerprint density at radius 1 is 1.29 bits per heavy atom. The molecule has 6 heteroatoms. The second-order valence-corrected chi connectivity index (χ2v) is 6.20. The van der Waals surface area contributed by atoms with Gasteiger partial charge in [0.05, 0.1) is 10.9 Å². The van der Waals surface area contributed by atoms with E-state index in [4.69, 9.17) is 11.6 Å². The minimum Gasteiger partial charge on any atom is -0.481 e. The Labute approximate surface area is 130 Å². The molecule has 1 unspecified atom stereocenters. The first-order chi connectivity index (χ1) is 10.1. The van der Waals surface area contributed by atoms with Crippen molar-refractivity contribution >= 4 is 40.5 Å². The first-order valence-corrected chi connectivity index (χ1v) is 7.69.